The Balaban J connectivity index is 2.25. The van der Waals surface area contributed by atoms with Crippen molar-refractivity contribution >= 4 is 51.8 Å². The summed E-state index contributed by atoms with van der Waals surface area (Å²) in [6.07, 6.45) is 2.59. The summed E-state index contributed by atoms with van der Waals surface area (Å²) >= 11 is 7.88. The number of aromatic carboxylic acids is 1. The van der Waals surface area contributed by atoms with E-state index < -0.39 is 5.97 Å². The Kier molecular flexibility index (Phi) is 4.56. The molecule has 5 nitrogen and oxygen atoms in total. The fourth-order valence-electron chi connectivity index (χ4n) is 1.50. The van der Waals surface area contributed by atoms with Gasteiger partial charge in [-0.05, 0) is 46.9 Å². The van der Waals surface area contributed by atoms with Crippen LogP contribution in [0.15, 0.2) is 36.7 Å². The molecule has 0 saturated heterocycles. The molecular weight excluding hydrogens is 395 g/mol. The summed E-state index contributed by atoms with van der Waals surface area (Å²) in [4.78, 5) is 26.7. The van der Waals surface area contributed by atoms with Gasteiger partial charge < -0.3 is 10.4 Å². The largest absolute Gasteiger partial charge is 0.478 e. The Morgan fingerprint density at radius 3 is 2.70 bits per heavy atom. The number of hydrogen-bond donors (Lipinski definition) is 2. The van der Waals surface area contributed by atoms with Crippen LogP contribution in [0.1, 0.15) is 20.7 Å². The van der Waals surface area contributed by atoms with Crippen molar-refractivity contribution in [2.75, 3.05) is 5.32 Å². The predicted octanol–water partition coefficient (Wildman–Crippen LogP) is 3.29. The van der Waals surface area contributed by atoms with Crippen molar-refractivity contribution in [1.82, 2.24) is 4.98 Å². The Morgan fingerprint density at radius 1 is 1.25 bits per heavy atom. The van der Waals surface area contributed by atoms with E-state index in [4.69, 9.17) is 16.7 Å². The molecule has 20 heavy (non-hydrogen) atoms. The van der Waals surface area contributed by atoms with Gasteiger partial charge in [-0.1, -0.05) is 11.6 Å². The number of carboxylic acid groups (broad SMARTS) is 1. The number of amides is 1. The standard InChI is InChI=1S/C13H8ClIN2O3/c14-8-1-2-11(15)10(4-8)12(18)17-9-3-7(13(19)20)5-16-6-9/h1-6H,(H,17,18)(H,19,20). The Labute approximate surface area is 133 Å². The third-order valence-corrected chi connectivity index (χ3v) is 3.59. The summed E-state index contributed by atoms with van der Waals surface area (Å²) in [5.41, 5.74) is 0.730. The number of rotatable bonds is 3. The molecule has 0 saturated carbocycles. The van der Waals surface area contributed by atoms with Crippen molar-refractivity contribution in [3.63, 3.8) is 0 Å². The van der Waals surface area contributed by atoms with Crippen molar-refractivity contribution in [3.05, 3.63) is 56.4 Å². The average Bonchev–Trinajstić information content (AvgIpc) is 2.41. The number of nitrogens with zero attached hydrogens (tertiary/aromatic N) is 1. The number of hydrogen-bond acceptors (Lipinski definition) is 3. The minimum atomic E-state index is -1.11. The third-order valence-electron chi connectivity index (χ3n) is 2.42. The highest BCUT2D eigenvalue weighted by molar-refractivity contribution is 14.1. The van der Waals surface area contributed by atoms with Crippen LogP contribution in [0.4, 0.5) is 5.69 Å². The summed E-state index contributed by atoms with van der Waals surface area (Å²) in [6.45, 7) is 0. The lowest BCUT2D eigenvalue weighted by atomic mass is 10.2. The summed E-state index contributed by atoms with van der Waals surface area (Å²) in [5, 5.41) is 11.9. The van der Waals surface area contributed by atoms with Gasteiger partial charge in [0.15, 0.2) is 0 Å². The van der Waals surface area contributed by atoms with Crippen LogP contribution in [-0.2, 0) is 0 Å². The first-order valence-corrected chi connectivity index (χ1v) is 6.88. The lowest BCUT2D eigenvalue weighted by molar-refractivity contribution is 0.0696. The van der Waals surface area contributed by atoms with Gasteiger partial charge in [0.25, 0.3) is 5.91 Å². The molecule has 1 aromatic carbocycles. The molecule has 1 amide bonds. The van der Waals surface area contributed by atoms with Crippen LogP contribution in [-0.4, -0.2) is 22.0 Å². The molecule has 0 aliphatic rings. The van der Waals surface area contributed by atoms with Crippen LogP contribution >= 0.6 is 34.2 Å². The quantitative estimate of drug-likeness (QED) is 0.772. The second kappa shape index (κ2) is 6.19. The molecule has 0 radical (unpaired) electrons. The zero-order valence-electron chi connectivity index (χ0n) is 9.93. The number of carboxylic acids is 1. The van der Waals surface area contributed by atoms with Gasteiger partial charge >= 0.3 is 5.97 Å². The molecule has 0 aliphatic carbocycles. The highest BCUT2D eigenvalue weighted by Gasteiger charge is 2.12. The maximum absolute atomic E-state index is 12.1. The number of carbonyl (C=O) groups is 2. The molecule has 1 aromatic heterocycles. The van der Waals surface area contributed by atoms with E-state index in [-0.39, 0.29) is 11.5 Å². The first-order valence-electron chi connectivity index (χ1n) is 5.42. The number of benzene rings is 1. The fraction of sp³-hybridized carbons (Fsp3) is 0. The van der Waals surface area contributed by atoms with Gasteiger partial charge in [0.2, 0.25) is 0 Å². The monoisotopic (exact) mass is 402 g/mol. The second-order valence-electron chi connectivity index (χ2n) is 3.85. The van der Waals surface area contributed by atoms with Crippen molar-refractivity contribution in [3.8, 4) is 0 Å². The molecule has 1 heterocycles. The van der Waals surface area contributed by atoms with Crippen molar-refractivity contribution < 1.29 is 14.7 Å². The Morgan fingerprint density at radius 2 is 2.00 bits per heavy atom. The topological polar surface area (TPSA) is 79.3 Å². The SMILES string of the molecule is O=C(O)c1cncc(NC(=O)c2cc(Cl)ccc2I)c1. The van der Waals surface area contributed by atoms with E-state index in [0.717, 1.165) is 3.57 Å². The van der Waals surface area contributed by atoms with E-state index in [1.54, 1.807) is 18.2 Å². The average molecular weight is 403 g/mol. The van der Waals surface area contributed by atoms with E-state index >= 15 is 0 Å². The minimum Gasteiger partial charge on any atom is -0.478 e. The number of carbonyl (C=O) groups excluding carboxylic acids is 1. The smallest absolute Gasteiger partial charge is 0.337 e. The Hall–Kier alpha value is -1.67. The maximum atomic E-state index is 12.1. The molecule has 0 aliphatic heterocycles. The van der Waals surface area contributed by atoms with E-state index in [9.17, 15) is 9.59 Å². The summed E-state index contributed by atoms with van der Waals surface area (Å²) in [7, 11) is 0. The molecule has 0 bridgehead atoms. The number of nitrogens with one attached hydrogen (secondary N) is 1. The minimum absolute atomic E-state index is 0.00333. The molecule has 102 valence electrons. The maximum Gasteiger partial charge on any atom is 0.337 e. The molecular formula is C13H8ClIN2O3. The van der Waals surface area contributed by atoms with Gasteiger partial charge in [0.1, 0.15) is 0 Å². The normalized spacial score (nSPS) is 10.1. The molecule has 0 unspecified atom stereocenters. The zero-order chi connectivity index (χ0) is 14.7. The van der Waals surface area contributed by atoms with Crippen LogP contribution in [0.2, 0.25) is 5.02 Å². The Bertz CT molecular complexity index is 691. The van der Waals surface area contributed by atoms with Crippen LogP contribution in [0.5, 0.6) is 0 Å². The molecule has 2 aromatic rings. The van der Waals surface area contributed by atoms with Crippen molar-refractivity contribution in [2.24, 2.45) is 0 Å². The van der Waals surface area contributed by atoms with E-state index in [2.05, 4.69) is 10.3 Å². The second-order valence-corrected chi connectivity index (χ2v) is 5.44. The van der Waals surface area contributed by atoms with Crippen LogP contribution in [0.25, 0.3) is 0 Å². The van der Waals surface area contributed by atoms with Gasteiger partial charge in [-0.3, -0.25) is 9.78 Å². The number of aromatic nitrogens is 1. The van der Waals surface area contributed by atoms with Crippen LogP contribution < -0.4 is 5.32 Å². The first-order chi connectivity index (χ1) is 9.47. The van der Waals surface area contributed by atoms with E-state index in [1.807, 2.05) is 22.6 Å². The van der Waals surface area contributed by atoms with Gasteiger partial charge in [0.05, 0.1) is 23.0 Å². The summed E-state index contributed by atoms with van der Waals surface area (Å²) in [6, 6.07) is 6.30. The highest BCUT2D eigenvalue weighted by atomic mass is 127. The predicted molar refractivity (Wildman–Crippen MR) is 83.3 cm³/mol. The van der Waals surface area contributed by atoms with E-state index in [1.165, 1.54) is 18.5 Å². The highest BCUT2D eigenvalue weighted by Crippen LogP contribution is 2.19. The first kappa shape index (κ1) is 14.7. The van der Waals surface area contributed by atoms with E-state index in [0.29, 0.717) is 16.3 Å². The third kappa shape index (κ3) is 3.45. The van der Waals surface area contributed by atoms with Gasteiger partial charge in [-0.2, -0.15) is 0 Å². The number of pyridine rings is 1. The van der Waals surface area contributed by atoms with Crippen molar-refractivity contribution in [1.29, 1.82) is 0 Å². The lowest BCUT2D eigenvalue weighted by Crippen LogP contribution is -2.14. The van der Waals surface area contributed by atoms with Gasteiger partial charge in [-0.25, -0.2) is 4.79 Å². The molecule has 0 spiro atoms. The fourth-order valence-corrected chi connectivity index (χ4v) is 2.25. The molecule has 0 fully saturated rings. The number of halogens is 2. The molecule has 0 atom stereocenters. The van der Waals surface area contributed by atoms with Crippen LogP contribution in [0, 0.1) is 3.57 Å². The summed E-state index contributed by atoms with van der Waals surface area (Å²) in [5.74, 6) is -1.48. The van der Waals surface area contributed by atoms with Crippen LogP contribution in [0.3, 0.4) is 0 Å². The van der Waals surface area contributed by atoms with Gasteiger partial charge in [-0.15, -0.1) is 0 Å². The lowest BCUT2D eigenvalue weighted by Gasteiger charge is -2.07. The molecule has 2 rings (SSSR count). The van der Waals surface area contributed by atoms with Gasteiger partial charge in [0, 0.05) is 14.8 Å². The zero-order valence-corrected chi connectivity index (χ0v) is 12.8. The summed E-state index contributed by atoms with van der Waals surface area (Å²) < 4.78 is 0.742. The number of anilines is 1. The molecule has 2 N–H and O–H groups in total. The molecule has 7 heteroatoms. The van der Waals surface area contributed by atoms with Crippen molar-refractivity contribution in [2.45, 2.75) is 0 Å².